The third kappa shape index (κ3) is 4.92. The minimum absolute atomic E-state index is 0.0598. The molecule has 2 saturated heterocycles. The highest BCUT2D eigenvalue weighted by molar-refractivity contribution is 7.89. The molecule has 0 radical (unpaired) electrons. The molecule has 1 atom stereocenters. The fourth-order valence-corrected chi connectivity index (χ4v) is 6.21. The number of hydrogen-bond acceptors (Lipinski definition) is 6. The Morgan fingerprint density at radius 2 is 1.62 bits per heavy atom. The summed E-state index contributed by atoms with van der Waals surface area (Å²) in [5.74, 6) is 0.718. The maximum Gasteiger partial charge on any atom is 0.267 e. The van der Waals surface area contributed by atoms with Gasteiger partial charge < -0.3 is 14.4 Å². The number of likely N-dealkylation sites (tertiary alicyclic amines) is 1. The van der Waals surface area contributed by atoms with Crippen molar-refractivity contribution in [2.75, 3.05) is 45.9 Å². The van der Waals surface area contributed by atoms with Gasteiger partial charge in [-0.05, 0) is 37.0 Å². The lowest BCUT2D eigenvalue weighted by Gasteiger charge is -2.34. The van der Waals surface area contributed by atoms with Crippen LogP contribution in [0.5, 0.6) is 11.5 Å². The van der Waals surface area contributed by atoms with E-state index in [9.17, 15) is 13.2 Å². The van der Waals surface area contributed by atoms with Gasteiger partial charge in [-0.3, -0.25) is 9.69 Å². The van der Waals surface area contributed by atoms with Gasteiger partial charge in [-0.1, -0.05) is 30.3 Å². The lowest BCUT2D eigenvalue weighted by molar-refractivity contribution is -0.142. The second kappa shape index (κ2) is 9.93. The fraction of sp³-hybridized carbons (Fsp3) is 0.480. The first-order chi connectivity index (χ1) is 16.5. The lowest BCUT2D eigenvalue weighted by Crippen LogP contribution is -2.48. The van der Waals surface area contributed by atoms with Gasteiger partial charge in [-0.25, -0.2) is 8.42 Å². The molecule has 9 heteroatoms. The maximum absolute atomic E-state index is 13.3. The van der Waals surface area contributed by atoms with Crippen LogP contribution in [0.3, 0.4) is 0 Å². The number of carbonyl (C=O) groups excluding carboxylic acids is 1. The summed E-state index contributed by atoms with van der Waals surface area (Å²) in [6.07, 6.45) is 2.48. The van der Waals surface area contributed by atoms with Crippen LogP contribution in [0.1, 0.15) is 24.8 Å². The van der Waals surface area contributed by atoms with Gasteiger partial charge in [0.1, 0.15) is 6.61 Å². The van der Waals surface area contributed by atoms with Crippen molar-refractivity contribution in [1.29, 1.82) is 0 Å². The molecule has 0 unspecified atom stereocenters. The van der Waals surface area contributed by atoms with Crippen LogP contribution >= 0.6 is 0 Å². The Balaban J connectivity index is 1.21. The van der Waals surface area contributed by atoms with Crippen LogP contribution in [0.4, 0.5) is 0 Å². The van der Waals surface area contributed by atoms with Crippen molar-refractivity contribution >= 4 is 15.9 Å². The first-order valence-corrected chi connectivity index (χ1v) is 13.4. The van der Waals surface area contributed by atoms with Gasteiger partial charge >= 0.3 is 0 Å². The summed E-state index contributed by atoms with van der Waals surface area (Å²) in [6, 6.07) is 14.9. The molecule has 0 spiro atoms. The molecule has 0 N–H and O–H groups in total. The average molecular weight is 486 g/mol. The molecule has 2 aromatic rings. The molecule has 182 valence electrons. The first kappa shape index (κ1) is 23.1. The topological polar surface area (TPSA) is 79.4 Å². The van der Waals surface area contributed by atoms with Crippen LogP contribution < -0.4 is 9.47 Å². The second-order valence-corrected chi connectivity index (χ2v) is 11.0. The smallest absolute Gasteiger partial charge is 0.267 e. The largest absolute Gasteiger partial charge is 0.485 e. The van der Waals surface area contributed by atoms with Crippen LogP contribution in [0.25, 0.3) is 0 Å². The molecule has 3 aliphatic heterocycles. The Labute approximate surface area is 201 Å². The number of nitrogens with zero attached hydrogens (tertiary/aromatic N) is 3. The Hall–Kier alpha value is -2.62. The number of hydrogen-bond donors (Lipinski definition) is 0. The number of rotatable bonds is 5. The quantitative estimate of drug-likeness (QED) is 0.647. The van der Waals surface area contributed by atoms with Crippen molar-refractivity contribution in [2.45, 2.75) is 36.8 Å². The summed E-state index contributed by atoms with van der Waals surface area (Å²) in [4.78, 5) is 17.0. The zero-order valence-electron chi connectivity index (χ0n) is 19.3. The Kier molecular flexibility index (Phi) is 6.76. The average Bonchev–Trinajstić information content (AvgIpc) is 2.89. The van der Waals surface area contributed by atoms with Gasteiger partial charge in [0.2, 0.25) is 16.1 Å². The van der Waals surface area contributed by atoms with Crippen molar-refractivity contribution in [1.82, 2.24) is 14.1 Å². The number of sulfonamides is 1. The highest BCUT2D eigenvalue weighted by Gasteiger charge is 2.34. The third-order valence-electron chi connectivity index (χ3n) is 6.74. The SMILES string of the molecule is O=C([C@H]1COc2cc(S(=O)(=O)N3CCN(Cc4ccccc4)CC3)ccc2O1)N1CCCCC1. The van der Waals surface area contributed by atoms with E-state index in [0.29, 0.717) is 37.7 Å². The lowest BCUT2D eigenvalue weighted by atomic mass is 10.1. The molecule has 3 aliphatic rings. The molecule has 34 heavy (non-hydrogen) atoms. The molecule has 5 rings (SSSR count). The number of benzene rings is 2. The number of carbonyl (C=O) groups is 1. The van der Waals surface area contributed by atoms with Crippen LogP contribution in [0.15, 0.2) is 53.4 Å². The Bertz CT molecular complexity index is 1110. The molecule has 3 heterocycles. The first-order valence-electron chi connectivity index (χ1n) is 12.0. The summed E-state index contributed by atoms with van der Waals surface area (Å²) in [5.41, 5.74) is 1.22. The molecular weight excluding hydrogens is 454 g/mol. The van der Waals surface area contributed by atoms with Gasteiger partial charge in [-0.15, -0.1) is 0 Å². The van der Waals surface area contributed by atoms with Crippen molar-refractivity contribution in [3.05, 3.63) is 54.1 Å². The van der Waals surface area contributed by atoms with E-state index in [0.717, 1.165) is 38.9 Å². The number of fused-ring (bicyclic) bond motifs is 1. The number of amides is 1. The van der Waals surface area contributed by atoms with E-state index >= 15 is 0 Å². The van der Waals surface area contributed by atoms with Crippen molar-refractivity contribution in [2.24, 2.45) is 0 Å². The van der Waals surface area contributed by atoms with E-state index in [2.05, 4.69) is 17.0 Å². The van der Waals surface area contributed by atoms with E-state index < -0.39 is 16.1 Å². The minimum Gasteiger partial charge on any atom is -0.485 e. The van der Waals surface area contributed by atoms with E-state index in [1.54, 1.807) is 12.1 Å². The summed E-state index contributed by atoms with van der Waals surface area (Å²) in [6.45, 7) is 4.65. The van der Waals surface area contributed by atoms with E-state index in [4.69, 9.17) is 9.47 Å². The summed E-state index contributed by atoms with van der Waals surface area (Å²) >= 11 is 0. The Morgan fingerprint density at radius 3 is 2.35 bits per heavy atom. The van der Waals surface area contributed by atoms with Gasteiger partial charge in [0.15, 0.2) is 11.5 Å². The summed E-state index contributed by atoms with van der Waals surface area (Å²) in [7, 11) is -3.64. The number of ether oxygens (including phenoxy) is 2. The van der Waals surface area contributed by atoms with Gasteiger partial charge in [0.25, 0.3) is 5.91 Å². The van der Waals surface area contributed by atoms with Crippen LogP contribution in [-0.2, 0) is 21.4 Å². The van der Waals surface area contributed by atoms with Crippen molar-refractivity contribution < 1.29 is 22.7 Å². The van der Waals surface area contributed by atoms with Crippen LogP contribution in [-0.4, -0.2) is 80.4 Å². The summed E-state index contributed by atoms with van der Waals surface area (Å²) < 4.78 is 39.8. The van der Waals surface area contributed by atoms with Crippen LogP contribution in [0, 0.1) is 0 Å². The molecule has 1 amide bonds. The third-order valence-corrected chi connectivity index (χ3v) is 8.63. The van der Waals surface area contributed by atoms with E-state index in [1.807, 2.05) is 23.1 Å². The predicted molar refractivity (Wildman–Crippen MR) is 127 cm³/mol. The zero-order chi connectivity index (χ0) is 23.5. The monoisotopic (exact) mass is 485 g/mol. The molecule has 0 aliphatic carbocycles. The molecule has 0 saturated carbocycles. The van der Waals surface area contributed by atoms with Crippen LogP contribution in [0.2, 0.25) is 0 Å². The highest BCUT2D eigenvalue weighted by atomic mass is 32.2. The van der Waals surface area contributed by atoms with Crippen molar-refractivity contribution in [3.8, 4) is 11.5 Å². The highest BCUT2D eigenvalue weighted by Crippen LogP contribution is 2.35. The van der Waals surface area contributed by atoms with E-state index in [-0.39, 0.29) is 17.4 Å². The molecule has 0 bridgehead atoms. The number of piperazine rings is 1. The zero-order valence-corrected chi connectivity index (χ0v) is 20.1. The number of piperidine rings is 1. The van der Waals surface area contributed by atoms with Gasteiger partial charge in [-0.2, -0.15) is 4.31 Å². The van der Waals surface area contributed by atoms with Gasteiger partial charge in [0.05, 0.1) is 4.90 Å². The molecule has 0 aromatic heterocycles. The molecular formula is C25H31N3O5S. The maximum atomic E-state index is 13.3. The predicted octanol–water partition coefficient (Wildman–Crippen LogP) is 2.35. The molecule has 2 fully saturated rings. The Morgan fingerprint density at radius 1 is 0.882 bits per heavy atom. The standard InChI is InChI=1S/C25H31N3O5S/c29-25(27-11-5-2-6-12-27)24-19-32-23-17-21(9-10-22(23)33-24)34(30,31)28-15-13-26(14-16-28)18-20-7-3-1-4-8-20/h1,3-4,7-10,17,24H,2,5-6,11-16,18-19H2/t24-/m1/s1. The van der Waals surface area contributed by atoms with Crippen molar-refractivity contribution in [3.63, 3.8) is 0 Å². The molecule has 8 nitrogen and oxygen atoms in total. The minimum atomic E-state index is -3.64. The second-order valence-electron chi connectivity index (χ2n) is 9.08. The summed E-state index contributed by atoms with van der Waals surface area (Å²) in [5, 5.41) is 0. The molecule has 2 aromatic carbocycles. The van der Waals surface area contributed by atoms with E-state index in [1.165, 1.54) is 15.9 Å². The normalized spacial score (nSPS) is 21.9. The fourth-order valence-electron chi connectivity index (χ4n) is 4.77. The van der Waals surface area contributed by atoms with Gasteiger partial charge in [0, 0.05) is 51.9 Å².